The van der Waals surface area contributed by atoms with Crippen LogP contribution in [-0.2, 0) is 14.4 Å². The maximum atomic E-state index is 12.7. The minimum Gasteiger partial charge on any atom is -0.481 e. The zero-order valence-electron chi connectivity index (χ0n) is 17.5. The molecule has 0 radical (unpaired) electrons. The van der Waals surface area contributed by atoms with E-state index in [4.69, 9.17) is 5.73 Å². The number of nitrogens with two attached hydrogens (primary N) is 1. The van der Waals surface area contributed by atoms with Crippen LogP contribution in [0, 0.1) is 22.7 Å². The number of aliphatic carboxylic acids is 1. The fraction of sp³-hybridized carbons (Fsp3) is 0.850. The third kappa shape index (κ3) is 6.79. The predicted octanol–water partition coefficient (Wildman–Crippen LogP) is 1.85. The highest BCUT2D eigenvalue weighted by Crippen LogP contribution is 2.33. The molecule has 27 heavy (non-hydrogen) atoms. The van der Waals surface area contributed by atoms with Gasteiger partial charge in [-0.3, -0.25) is 14.4 Å². The summed E-state index contributed by atoms with van der Waals surface area (Å²) in [5.74, 6) is -2.21. The lowest BCUT2D eigenvalue weighted by Gasteiger charge is -2.34. The van der Waals surface area contributed by atoms with Gasteiger partial charge in [0.2, 0.25) is 11.8 Å². The molecule has 0 aromatic rings. The van der Waals surface area contributed by atoms with E-state index in [1.807, 2.05) is 6.92 Å². The molecule has 7 heteroatoms. The lowest BCUT2D eigenvalue weighted by Crippen LogP contribution is -2.48. The molecular formula is C20H37N3O4. The van der Waals surface area contributed by atoms with Crippen LogP contribution < -0.4 is 11.1 Å². The first-order valence-electron chi connectivity index (χ1n) is 9.87. The molecule has 1 aliphatic rings. The van der Waals surface area contributed by atoms with Crippen LogP contribution in [0.4, 0.5) is 0 Å². The van der Waals surface area contributed by atoms with Gasteiger partial charge in [0.05, 0.1) is 17.3 Å². The van der Waals surface area contributed by atoms with Gasteiger partial charge in [-0.1, -0.05) is 33.6 Å². The number of hydrogen-bond acceptors (Lipinski definition) is 4. The number of likely N-dealkylation sites (N-methyl/N-ethyl adjacent to an activating group) is 1. The number of carbonyl (C=O) groups is 3. The molecule has 0 bridgehead atoms. The second-order valence-electron chi connectivity index (χ2n) is 9.35. The van der Waals surface area contributed by atoms with E-state index >= 15 is 0 Å². The quantitative estimate of drug-likeness (QED) is 0.592. The lowest BCUT2D eigenvalue weighted by molar-refractivity contribution is -0.151. The number of carboxylic acid groups (broad SMARTS) is 1. The Bertz CT molecular complexity index is 544. The summed E-state index contributed by atoms with van der Waals surface area (Å²) in [5.41, 5.74) is 5.18. The molecule has 2 amide bonds. The van der Waals surface area contributed by atoms with E-state index in [0.29, 0.717) is 32.4 Å². The van der Waals surface area contributed by atoms with E-state index in [2.05, 4.69) is 26.1 Å². The van der Waals surface area contributed by atoms with Crippen molar-refractivity contribution in [2.24, 2.45) is 28.4 Å². The number of nitrogens with one attached hydrogen (secondary N) is 1. The summed E-state index contributed by atoms with van der Waals surface area (Å²) >= 11 is 0. The molecule has 1 aliphatic carbocycles. The Labute approximate surface area is 163 Å². The number of rotatable bonds is 8. The second-order valence-corrected chi connectivity index (χ2v) is 9.35. The van der Waals surface area contributed by atoms with Crippen LogP contribution in [0.3, 0.4) is 0 Å². The van der Waals surface area contributed by atoms with Gasteiger partial charge >= 0.3 is 5.97 Å². The third-order valence-corrected chi connectivity index (χ3v) is 5.43. The summed E-state index contributed by atoms with van der Waals surface area (Å²) in [6, 6.07) is 0. The zero-order valence-corrected chi connectivity index (χ0v) is 17.5. The predicted molar refractivity (Wildman–Crippen MR) is 105 cm³/mol. The van der Waals surface area contributed by atoms with Crippen LogP contribution in [0.2, 0.25) is 0 Å². The molecule has 1 saturated carbocycles. The molecule has 1 fully saturated rings. The summed E-state index contributed by atoms with van der Waals surface area (Å²) in [6.07, 6.45) is 3.57. The SMILES string of the molecule is CN(CCNC(=O)C(C)(CN)CC(C)(C)C)C(=O)C1CCCCC1C(=O)O. The van der Waals surface area contributed by atoms with Crippen LogP contribution in [0.5, 0.6) is 0 Å². The normalized spacial score (nSPS) is 22.6. The molecule has 0 aromatic heterocycles. The van der Waals surface area contributed by atoms with Gasteiger partial charge in [0.15, 0.2) is 0 Å². The minimum absolute atomic E-state index is 0.0228. The topological polar surface area (TPSA) is 113 Å². The van der Waals surface area contributed by atoms with Crippen molar-refractivity contribution in [1.82, 2.24) is 10.2 Å². The Morgan fingerprint density at radius 1 is 1.11 bits per heavy atom. The molecule has 0 aromatic carbocycles. The summed E-state index contributed by atoms with van der Waals surface area (Å²) < 4.78 is 0. The van der Waals surface area contributed by atoms with Crippen LogP contribution in [0.1, 0.15) is 59.8 Å². The number of hydrogen-bond donors (Lipinski definition) is 3. The molecular weight excluding hydrogens is 346 g/mol. The fourth-order valence-electron chi connectivity index (χ4n) is 4.08. The maximum absolute atomic E-state index is 12.7. The second kappa shape index (κ2) is 9.53. The molecule has 0 aliphatic heterocycles. The number of amides is 2. The van der Waals surface area contributed by atoms with Gasteiger partial charge in [0.25, 0.3) is 0 Å². The van der Waals surface area contributed by atoms with Crippen molar-refractivity contribution in [1.29, 1.82) is 0 Å². The van der Waals surface area contributed by atoms with E-state index in [9.17, 15) is 19.5 Å². The van der Waals surface area contributed by atoms with Gasteiger partial charge in [0, 0.05) is 26.7 Å². The van der Waals surface area contributed by atoms with Crippen LogP contribution in [0.15, 0.2) is 0 Å². The van der Waals surface area contributed by atoms with Crippen molar-refractivity contribution in [2.45, 2.75) is 59.8 Å². The zero-order chi connectivity index (χ0) is 20.8. The molecule has 4 N–H and O–H groups in total. The van der Waals surface area contributed by atoms with E-state index in [1.165, 1.54) is 4.90 Å². The molecule has 3 unspecified atom stereocenters. The average molecular weight is 384 g/mol. The van der Waals surface area contributed by atoms with Crippen LogP contribution in [-0.4, -0.2) is 54.5 Å². The summed E-state index contributed by atoms with van der Waals surface area (Å²) in [6.45, 7) is 9.01. The number of carbonyl (C=O) groups excluding carboxylic acids is 2. The van der Waals surface area contributed by atoms with Crippen LogP contribution in [0.25, 0.3) is 0 Å². The third-order valence-electron chi connectivity index (χ3n) is 5.43. The van der Waals surface area contributed by atoms with Crippen molar-refractivity contribution in [2.75, 3.05) is 26.7 Å². The van der Waals surface area contributed by atoms with E-state index in [1.54, 1.807) is 7.05 Å². The van der Waals surface area contributed by atoms with Gasteiger partial charge in [-0.2, -0.15) is 0 Å². The van der Waals surface area contributed by atoms with Gasteiger partial charge < -0.3 is 21.1 Å². The summed E-state index contributed by atoms with van der Waals surface area (Å²) in [4.78, 5) is 38.2. The summed E-state index contributed by atoms with van der Waals surface area (Å²) in [5, 5.41) is 12.2. The van der Waals surface area contributed by atoms with E-state index < -0.39 is 23.2 Å². The highest BCUT2D eigenvalue weighted by Gasteiger charge is 2.38. The Kier molecular flexibility index (Phi) is 8.26. The lowest BCUT2D eigenvalue weighted by atomic mass is 9.74. The Morgan fingerprint density at radius 3 is 2.15 bits per heavy atom. The molecule has 156 valence electrons. The first-order chi connectivity index (χ1) is 12.4. The molecule has 3 atom stereocenters. The van der Waals surface area contributed by atoms with E-state index in [-0.39, 0.29) is 23.8 Å². The van der Waals surface area contributed by atoms with Gasteiger partial charge in [-0.25, -0.2) is 0 Å². The van der Waals surface area contributed by atoms with Crippen molar-refractivity contribution < 1.29 is 19.5 Å². The van der Waals surface area contributed by atoms with Gasteiger partial charge in [-0.05, 0) is 31.6 Å². The van der Waals surface area contributed by atoms with E-state index in [0.717, 1.165) is 12.8 Å². The minimum atomic E-state index is -0.893. The Hall–Kier alpha value is -1.63. The molecule has 0 heterocycles. The largest absolute Gasteiger partial charge is 0.481 e. The molecule has 0 saturated heterocycles. The number of nitrogens with zero attached hydrogens (tertiary/aromatic N) is 1. The Balaban J connectivity index is 2.58. The first kappa shape index (κ1) is 23.4. The average Bonchev–Trinajstić information content (AvgIpc) is 2.59. The van der Waals surface area contributed by atoms with Crippen molar-refractivity contribution in [3.63, 3.8) is 0 Å². The monoisotopic (exact) mass is 383 g/mol. The first-order valence-corrected chi connectivity index (χ1v) is 9.87. The number of carboxylic acids is 1. The molecule has 0 spiro atoms. The molecule has 7 nitrogen and oxygen atoms in total. The smallest absolute Gasteiger partial charge is 0.307 e. The van der Waals surface area contributed by atoms with Gasteiger partial charge in [0.1, 0.15) is 0 Å². The Morgan fingerprint density at radius 2 is 1.67 bits per heavy atom. The molecule has 1 rings (SSSR count). The van der Waals surface area contributed by atoms with Crippen LogP contribution >= 0.6 is 0 Å². The van der Waals surface area contributed by atoms with Crippen molar-refractivity contribution >= 4 is 17.8 Å². The maximum Gasteiger partial charge on any atom is 0.307 e. The van der Waals surface area contributed by atoms with Gasteiger partial charge in [-0.15, -0.1) is 0 Å². The highest BCUT2D eigenvalue weighted by molar-refractivity contribution is 5.85. The fourth-order valence-corrected chi connectivity index (χ4v) is 4.08. The highest BCUT2D eigenvalue weighted by atomic mass is 16.4. The standard InChI is InChI=1S/C20H37N3O4/c1-19(2,3)12-20(4,13-21)18(27)22-10-11-23(5)16(24)14-8-6-7-9-15(14)17(25)26/h14-15H,6-13,21H2,1-5H3,(H,22,27)(H,25,26). The van der Waals surface area contributed by atoms with Crippen molar-refractivity contribution in [3.8, 4) is 0 Å². The summed E-state index contributed by atoms with van der Waals surface area (Å²) in [7, 11) is 1.67. The van der Waals surface area contributed by atoms with Crippen molar-refractivity contribution in [3.05, 3.63) is 0 Å².